The summed E-state index contributed by atoms with van der Waals surface area (Å²) in [6.45, 7) is 3.64. The van der Waals surface area contributed by atoms with Crippen molar-refractivity contribution in [1.29, 1.82) is 0 Å². The van der Waals surface area contributed by atoms with Crippen molar-refractivity contribution in [3.63, 3.8) is 0 Å². The molecule has 1 aromatic rings. The highest BCUT2D eigenvalue weighted by Gasteiger charge is 2.24. The lowest BCUT2D eigenvalue weighted by Gasteiger charge is -2.33. The van der Waals surface area contributed by atoms with E-state index in [2.05, 4.69) is 13.0 Å². The molecule has 104 valence electrons. The van der Waals surface area contributed by atoms with Gasteiger partial charge in [0.2, 0.25) is 5.91 Å². The van der Waals surface area contributed by atoms with Crippen LogP contribution < -0.4 is 10.5 Å². The van der Waals surface area contributed by atoms with Crippen molar-refractivity contribution >= 4 is 5.91 Å². The fourth-order valence-electron chi connectivity index (χ4n) is 2.48. The van der Waals surface area contributed by atoms with Crippen LogP contribution in [-0.4, -0.2) is 36.5 Å². The van der Waals surface area contributed by atoms with E-state index in [4.69, 9.17) is 10.5 Å². The Labute approximate surface area is 114 Å². The van der Waals surface area contributed by atoms with Crippen LogP contribution in [-0.2, 0) is 11.2 Å². The van der Waals surface area contributed by atoms with Crippen LogP contribution in [0.4, 0.5) is 0 Å². The molecule has 1 aromatic carbocycles. The fourth-order valence-corrected chi connectivity index (χ4v) is 2.48. The van der Waals surface area contributed by atoms with E-state index >= 15 is 0 Å². The first-order valence-corrected chi connectivity index (χ1v) is 6.97. The van der Waals surface area contributed by atoms with E-state index in [-0.39, 0.29) is 18.6 Å². The van der Waals surface area contributed by atoms with Crippen molar-refractivity contribution in [2.75, 3.05) is 19.6 Å². The fraction of sp³-hybridized carbons (Fsp3) is 0.533. The Balaban J connectivity index is 2.00. The monoisotopic (exact) mass is 262 g/mol. The third kappa shape index (κ3) is 3.47. The van der Waals surface area contributed by atoms with Gasteiger partial charge >= 0.3 is 0 Å². The SMILES string of the molecule is CCc1ccccc1OC1CCCN(C(=O)CN)C1. The maximum absolute atomic E-state index is 11.6. The predicted molar refractivity (Wildman–Crippen MR) is 75.1 cm³/mol. The molecule has 0 aromatic heterocycles. The Hall–Kier alpha value is -1.55. The molecule has 0 saturated carbocycles. The number of likely N-dealkylation sites (tertiary alicyclic amines) is 1. The average Bonchev–Trinajstić information content (AvgIpc) is 2.47. The van der Waals surface area contributed by atoms with Gasteiger partial charge in [-0.05, 0) is 30.9 Å². The van der Waals surface area contributed by atoms with Gasteiger partial charge < -0.3 is 15.4 Å². The highest BCUT2D eigenvalue weighted by Crippen LogP contribution is 2.23. The molecular weight excluding hydrogens is 240 g/mol. The number of piperidine rings is 1. The minimum atomic E-state index is 0.0112. The van der Waals surface area contributed by atoms with E-state index in [0.717, 1.165) is 31.6 Å². The molecule has 19 heavy (non-hydrogen) atoms. The van der Waals surface area contributed by atoms with Crippen LogP contribution in [0.5, 0.6) is 5.75 Å². The quantitative estimate of drug-likeness (QED) is 0.896. The van der Waals surface area contributed by atoms with E-state index in [9.17, 15) is 4.79 Å². The topological polar surface area (TPSA) is 55.6 Å². The Morgan fingerprint density at radius 1 is 1.47 bits per heavy atom. The zero-order chi connectivity index (χ0) is 13.7. The van der Waals surface area contributed by atoms with Gasteiger partial charge in [-0.1, -0.05) is 25.1 Å². The summed E-state index contributed by atoms with van der Waals surface area (Å²) in [5.74, 6) is 0.953. The smallest absolute Gasteiger partial charge is 0.236 e. The Morgan fingerprint density at radius 2 is 2.26 bits per heavy atom. The summed E-state index contributed by atoms with van der Waals surface area (Å²) in [5, 5.41) is 0. The van der Waals surface area contributed by atoms with Crippen LogP contribution in [0.15, 0.2) is 24.3 Å². The molecule has 4 nitrogen and oxygen atoms in total. The molecule has 1 unspecified atom stereocenters. The zero-order valence-corrected chi connectivity index (χ0v) is 11.5. The van der Waals surface area contributed by atoms with Gasteiger partial charge in [0.15, 0.2) is 0 Å². The minimum Gasteiger partial charge on any atom is -0.488 e. The van der Waals surface area contributed by atoms with Gasteiger partial charge in [0.25, 0.3) is 0 Å². The Morgan fingerprint density at radius 3 is 3.00 bits per heavy atom. The molecule has 1 heterocycles. The molecular formula is C15H22N2O2. The standard InChI is InChI=1S/C15H22N2O2/c1-2-12-6-3-4-8-14(12)19-13-7-5-9-17(11-13)15(18)10-16/h3-4,6,8,13H,2,5,7,9-11,16H2,1H3. The average molecular weight is 262 g/mol. The maximum atomic E-state index is 11.6. The minimum absolute atomic E-state index is 0.0112. The first-order chi connectivity index (χ1) is 9.24. The normalized spacial score (nSPS) is 19.3. The number of carbonyl (C=O) groups is 1. The van der Waals surface area contributed by atoms with E-state index < -0.39 is 0 Å². The van der Waals surface area contributed by atoms with Gasteiger partial charge in [-0.15, -0.1) is 0 Å². The molecule has 0 aliphatic carbocycles. The van der Waals surface area contributed by atoms with E-state index in [0.29, 0.717) is 6.54 Å². The zero-order valence-electron chi connectivity index (χ0n) is 11.5. The number of hydrogen-bond donors (Lipinski definition) is 1. The number of benzene rings is 1. The van der Waals surface area contributed by atoms with Crippen LogP contribution in [0.2, 0.25) is 0 Å². The lowest BCUT2D eigenvalue weighted by molar-refractivity contribution is -0.132. The molecule has 1 aliphatic rings. The molecule has 0 bridgehead atoms. The molecule has 1 fully saturated rings. The molecule has 4 heteroatoms. The second-order valence-corrected chi connectivity index (χ2v) is 4.89. The second-order valence-electron chi connectivity index (χ2n) is 4.89. The number of hydrogen-bond acceptors (Lipinski definition) is 3. The molecule has 1 aliphatic heterocycles. The number of aryl methyl sites for hydroxylation is 1. The number of carbonyl (C=O) groups excluding carboxylic acids is 1. The lowest BCUT2D eigenvalue weighted by Crippen LogP contribution is -2.46. The summed E-state index contributed by atoms with van der Waals surface area (Å²) >= 11 is 0. The molecule has 0 radical (unpaired) electrons. The predicted octanol–water partition coefficient (Wildman–Crippen LogP) is 1.58. The van der Waals surface area contributed by atoms with Crippen molar-refractivity contribution in [3.8, 4) is 5.75 Å². The summed E-state index contributed by atoms with van der Waals surface area (Å²) < 4.78 is 6.07. The third-order valence-corrected chi connectivity index (χ3v) is 3.55. The van der Waals surface area contributed by atoms with Gasteiger partial charge in [0.1, 0.15) is 11.9 Å². The number of para-hydroxylation sites is 1. The van der Waals surface area contributed by atoms with Gasteiger partial charge in [-0.2, -0.15) is 0 Å². The van der Waals surface area contributed by atoms with Crippen molar-refractivity contribution in [3.05, 3.63) is 29.8 Å². The van der Waals surface area contributed by atoms with Gasteiger partial charge in [0.05, 0.1) is 13.1 Å². The van der Waals surface area contributed by atoms with Crippen molar-refractivity contribution < 1.29 is 9.53 Å². The number of amides is 1. The van der Waals surface area contributed by atoms with Gasteiger partial charge in [0, 0.05) is 6.54 Å². The molecule has 2 N–H and O–H groups in total. The first kappa shape index (κ1) is 13.9. The Kier molecular flexibility index (Phi) is 4.80. The summed E-state index contributed by atoms with van der Waals surface area (Å²) in [6.07, 6.45) is 3.00. The van der Waals surface area contributed by atoms with Crippen molar-refractivity contribution in [1.82, 2.24) is 4.90 Å². The first-order valence-electron chi connectivity index (χ1n) is 6.97. The molecule has 1 atom stereocenters. The van der Waals surface area contributed by atoms with E-state index in [1.807, 2.05) is 23.1 Å². The number of rotatable bonds is 4. The summed E-state index contributed by atoms with van der Waals surface area (Å²) in [7, 11) is 0. The van der Waals surface area contributed by atoms with Crippen LogP contribution >= 0.6 is 0 Å². The lowest BCUT2D eigenvalue weighted by atomic mass is 10.1. The highest BCUT2D eigenvalue weighted by molar-refractivity contribution is 5.78. The summed E-state index contributed by atoms with van der Waals surface area (Å²) in [6, 6.07) is 8.10. The summed E-state index contributed by atoms with van der Waals surface area (Å²) in [5.41, 5.74) is 6.63. The highest BCUT2D eigenvalue weighted by atomic mass is 16.5. The molecule has 1 saturated heterocycles. The van der Waals surface area contributed by atoms with E-state index in [1.54, 1.807) is 0 Å². The van der Waals surface area contributed by atoms with Gasteiger partial charge in [-0.3, -0.25) is 4.79 Å². The number of ether oxygens (including phenoxy) is 1. The van der Waals surface area contributed by atoms with E-state index in [1.165, 1.54) is 5.56 Å². The largest absolute Gasteiger partial charge is 0.488 e. The van der Waals surface area contributed by atoms with Crippen molar-refractivity contribution in [2.24, 2.45) is 5.73 Å². The maximum Gasteiger partial charge on any atom is 0.236 e. The number of nitrogens with zero attached hydrogens (tertiary/aromatic N) is 1. The van der Waals surface area contributed by atoms with Gasteiger partial charge in [-0.25, -0.2) is 0 Å². The van der Waals surface area contributed by atoms with Crippen LogP contribution in [0, 0.1) is 0 Å². The van der Waals surface area contributed by atoms with Crippen LogP contribution in [0.3, 0.4) is 0 Å². The number of nitrogens with two attached hydrogens (primary N) is 1. The van der Waals surface area contributed by atoms with Crippen molar-refractivity contribution in [2.45, 2.75) is 32.3 Å². The molecule has 1 amide bonds. The molecule has 0 spiro atoms. The van der Waals surface area contributed by atoms with Crippen LogP contribution in [0.1, 0.15) is 25.3 Å². The summed E-state index contributed by atoms with van der Waals surface area (Å²) in [4.78, 5) is 13.4. The van der Waals surface area contributed by atoms with Crippen LogP contribution in [0.25, 0.3) is 0 Å². The third-order valence-electron chi connectivity index (χ3n) is 3.55. The molecule has 2 rings (SSSR count). The second kappa shape index (κ2) is 6.57. The Bertz CT molecular complexity index is 434.